The molecule has 6 nitrogen and oxygen atoms in total. The molecule has 358 valence electrons. The van der Waals surface area contributed by atoms with E-state index in [4.69, 9.17) is 14.2 Å². The van der Waals surface area contributed by atoms with Gasteiger partial charge in [-0.2, -0.15) is 0 Å². The highest BCUT2D eigenvalue weighted by molar-refractivity contribution is 5.71. The van der Waals surface area contributed by atoms with Gasteiger partial charge in [0.1, 0.15) is 13.2 Å². The van der Waals surface area contributed by atoms with Gasteiger partial charge in [0.25, 0.3) is 0 Å². The third-order valence-corrected chi connectivity index (χ3v) is 10.6. The van der Waals surface area contributed by atoms with Crippen molar-refractivity contribution in [1.29, 1.82) is 0 Å². The first-order chi connectivity index (χ1) is 31.0. The summed E-state index contributed by atoms with van der Waals surface area (Å²) < 4.78 is 16.7. The Labute approximate surface area is 387 Å². The lowest BCUT2D eigenvalue weighted by Gasteiger charge is -2.18. The zero-order chi connectivity index (χ0) is 45.8. The van der Waals surface area contributed by atoms with E-state index < -0.39 is 6.10 Å². The van der Waals surface area contributed by atoms with Crippen LogP contribution in [-0.2, 0) is 28.6 Å². The lowest BCUT2D eigenvalue weighted by atomic mass is 10.0. The van der Waals surface area contributed by atoms with Gasteiger partial charge >= 0.3 is 17.9 Å². The zero-order valence-electron chi connectivity index (χ0n) is 40.8. The molecule has 0 heterocycles. The zero-order valence-corrected chi connectivity index (χ0v) is 40.8. The third-order valence-electron chi connectivity index (χ3n) is 10.6. The van der Waals surface area contributed by atoms with Gasteiger partial charge in [-0.3, -0.25) is 14.4 Å². The fourth-order valence-corrected chi connectivity index (χ4v) is 6.78. The Morgan fingerprint density at radius 2 is 0.619 bits per heavy atom. The molecule has 0 bridgehead atoms. The molecule has 63 heavy (non-hydrogen) atoms. The van der Waals surface area contributed by atoms with Crippen molar-refractivity contribution in [1.82, 2.24) is 0 Å². The van der Waals surface area contributed by atoms with Crippen molar-refractivity contribution in [2.45, 2.75) is 232 Å². The molecule has 0 aliphatic carbocycles. The van der Waals surface area contributed by atoms with Crippen LogP contribution < -0.4 is 0 Å². The maximum absolute atomic E-state index is 12.8. The van der Waals surface area contributed by atoms with Gasteiger partial charge in [-0.25, -0.2) is 0 Å². The molecule has 0 aromatic rings. The minimum absolute atomic E-state index is 0.107. The monoisotopic (exact) mass is 875 g/mol. The lowest BCUT2D eigenvalue weighted by molar-refractivity contribution is -0.167. The third kappa shape index (κ3) is 49.2. The van der Waals surface area contributed by atoms with E-state index in [1.54, 1.807) is 0 Å². The number of hydrogen-bond acceptors (Lipinski definition) is 6. The molecular weight excluding hydrogens is 781 g/mol. The van der Waals surface area contributed by atoms with E-state index in [-0.39, 0.29) is 37.5 Å². The summed E-state index contributed by atoms with van der Waals surface area (Å²) >= 11 is 0. The fraction of sp³-hybridized carbons (Fsp3) is 0.667. The van der Waals surface area contributed by atoms with Crippen LogP contribution in [-0.4, -0.2) is 37.2 Å². The minimum Gasteiger partial charge on any atom is -0.462 e. The highest BCUT2D eigenvalue weighted by atomic mass is 16.6. The summed E-state index contributed by atoms with van der Waals surface area (Å²) in [5.74, 6) is -0.994. The van der Waals surface area contributed by atoms with Gasteiger partial charge in [0.05, 0.1) is 0 Å². The average molecular weight is 875 g/mol. The van der Waals surface area contributed by atoms with Gasteiger partial charge in [0.15, 0.2) is 6.10 Å². The molecule has 0 aromatic carbocycles. The van der Waals surface area contributed by atoms with Crippen LogP contribution in [0.25, 0.3) is 0 Å². The van der Waals surface area contributed by atoms with E-state index in [9.17, 15) is 14.4 Å². The number of carbonyl (C=O) groups is 3. The highest BCUT2D eigenvalue weighted by Gasteiger charge is 2.19. The number of hydrogen-bond donors (Lipinski definition) is 0. The van der Waals surface area contributed by atoms with E-state index in [0.29, 0.717) is 25.7 Å². The SMILES string of the molecule is CC/C=C\C/C=C\C/C=C\C/C=C\CCCCC(=O)OC[C@H](COC(=O)CCCCCCCCCCCCCCCCC)OC(=O)CCCC/C=C\C/C=C\C/C=C\C/C=C\CC. The molecule has 1 atom stereocenters. The summed E-state index contributed by atoms with van der Waals surface area (Å²) in [5, 5.41) is 0. The molecule has 0 rings (SSSR count). The molecule has 0 fully saturated rings. The summed E-state index contributed by atoms with van der Waals surface area (Å²) in [6.07, 6.45) is 66.8. The molecule has 0 N–H and O–H groups in total. The molecule has 0 radical (unpaired) electrons. The molecule has 0 spiro atoms. The maximum atomic E-state index is 12.8. The van der Waals surface area contributed by atoms with Crippen molar-refractivity contribution >= 4 is 17.9 Å². The molecule has 0 aliphatic heterocycles. The second-order valence-electron chi connectivity index (χ2n) is 16.7. The Morgan fingerprint density at radius 3 is 0.968 bits per heavy atom. The molecule has 0 aromatic heterocycles. The van der Waals surface area contributed by atoms with Gasteiger partial charge in [-0.15, -0.1) is 0 Å². The topological polar surface area (TPSA) is 78.9 Å². The molecule has 0 saturated heterocycles. The lowest BCUT2D eigenvalue weighted by Crippen LogP contribution is -2.30. The van der Waals surface area contributed by atoms with Gasteiger partial charge in [-0.05, 0) is 96.3 Å². The van der Waals surface area contributed by atoms with E-state index >= 15 is 0 Å². The van der Waals surface area contributed by atoms with Crippen LogP contribution in [0.3, 0.4) is 0 Å². The number of esters is 3. The van der Waals surface area contributed by atoms with Crippen molar-refractivity contribution in [3.63, 3.8) is 0 Å². The van der Waals surface area contributed by atoms with Crippen molar-refractivity contribution in [3.8, 4) is 0 Å². The van der Waals surface area contributed by atoms with E-state index in [1.165, 1.54) is 77.0 Å². The van der Waals surface area contributed by atoms with Crippen LogP contribution >= 0.6 is 0 Å². The van der Waals surface area contributed by atoms with Gasteiger partial charge in [-0.1, -0.05) is 208 Å². The van der Waals surface area contributed by atoms with Crippen LogP contribution in [0.2, 0.25) is 0 Å². The standard InChI is InChI=1S/C57H94O6/c1-4-7-10-13-16-19-22-25-28-31-34-37-40-43-46-49-55(58)61-52-54(63-57(60)51-48-45-42-39-36-33-30-27-24-21-18-15-12-9-6-3)53-62-56(59)50-47-44-41-38-35-32-29-26-23-20-17-14-11-8-5-2/h7,9-10,12,16,18-19,21,25,27-28,30,34,36-37,39,54H,4-6,8,11,13-15,17,20,22-24,26,29,31-33,35,38,40-53H2,1-3H3/b10-7-,12-9-,19-16-,21-18-,28-25-,30-27-,37-34-,39-36-/t54-/m1/s1. The van der Waals surface area contributed by atoms with Crippen molar-refractivity contribution in [2.24, 2.45) is 0 Å². The van der Waals surface area contributed by atoms with Crippen molar-refractivity contribution < 1.29 is 28.6 Å². The Hall–Kier alpha value is -3.67. The molecule has 0 saturated carbocycles. The van der Waals surface area contributed by atoms with Crippen molar-refractivity contribution in [2.75, 3.05) is 13.2 Å². The Bertz CT molecular complexity index is 1280. The average Bonchev–Trinajstić information content (AvgIpc) is 3.28. The van der Waals surface area contributed by atoms with Gasteiger partial charge in [0, 0.05) is 19.3 Å². The normalized spacial score (nSPS) is 12.9. The first kappa shape index (κ1) is 59.3. The van der Waals surface area contributed by atoms with Crippen LogP contribution in [0.15, 0.2) is 97.2 Å². The predicted octanol–water partition coefficient (Wildman–Crippen LogP) is 17.0. The first-order valence-electron chi connectivity index (χ1n) is 25.7. The number of unbranched alkanes of at least 4 members (excludes halogenated alkanes) is 18. The number of ether oxygens (including phenoxy) is 3. The van der Waals surface area contributed by atoms with Crippen LogP contribution in [0.5, 0.6) is 0 Å². The van der Waals surface area contributed by atoms with Gasteiger partial charge in [0.2, 0.25) is 0 Å². The van der Waals surface area contributed by atoms with Gasteiger partial charge < -0.3 is 14.2 Å². The maximum Gasteiger partial charge on any atom is 0.306 e. The van der Waals surface area contributed by atoms with E-state index in [0.717, 1.165) is 96.3 Å². The number of rotatable bonds is 45. The molecule has 0 unspecified atom stereocenters. The van der Waals surface area contributed by atoms with Crippen LogP contribution in [0, 0.1) is 0 Å². The van der Waals surface area contributed by atoms with Crippen molar-refractivity contribution in [3.05, 3.63) is 97.2 Å². The summed E-state index contributed by atoms with van der Waals surface area (Å²) in [5.41, 5.74) is 0. The summed E-state index contributed by atoms with van der Waals surface area (Å²) in [6, 6.07) is 0. The Kier molecular flexibility index (Phi) is 48.0. The van der Waals surface area contributed by atoms with Crippen LogP contribution in [0.1, 0.15) is 226 Å². The number of carbonyl (C=O) groups excluding carboxylic acids is 3. The fourth-order valence-electron chi connectivity index (χ4n) is 6.78. The quantitative estimate of drug-likeness (QED) is 0.0262. The summed E-state index contributed by atoms with van der Waals surface area (Å²) in [7, 11) is 0. The number of allylic oxidation sites excluding steroid dienone is 16. The Balaban J connectivity index is 4.52. The predicted molar refractivity (Wildman–Crippen MR) is 270 cm³/mol. The van der Waals surface area contributed by atoms with E-state index in [1.807, 2.05) is 0 Å². The molecular formula is C57H94O6. The van der Waals surface area contributed by atoms with Crippen LogP contribution in [0.4, 0.5) is 0 Å². The Morgan fingerprint density at radius 1 is 0.333 bits per heavy atom. The second-order valence-corrected chi connectivity index (χ2v) is 16.7. The second kappa shape index (κ2) is 51.0. The largest absolute Gasteiger partial charge is 0.462 e. The molecule has 6 heteroatoms. The summed E-state index contributed by atoms with van der Waals surface area (Å²) in [4.78, 5) is 38.0. The summed E-state index contributed by atoms with van der Waals surface area (Å²) in [6.45, 7) is 6.33. The smallest absolute Gasteiger partial charge is 0.306 e. The molecule has 0 amide bonds. The van der Waals surface area contributed by atoms with E-state index in [2.05, 4.69) is 118 Å². The minimum atomic E-state index is -0.815. The molecule has 0 aliphatic rings. The highest BCUT2D eigenvalue weighted by Crippen LogP contribution is 2.15. The first-order valence-corrected chi connectivity index (χ1v) is 25.7.